The highest BCUT2D eigenvalue weighted by Crippen LogP contribution is 1.87. The summed E-state index contributed by atoms with van der Waals surface area (Å²) in [4.78, 5) is 46.0. The normalized spacial score (nSPS) is 9.21. The number of rotatable bonds is 3. The third-order valence-electron chi connectivity index (χ3n) is 1.79. The molecule has 106 valence electrons. The number of aliphatic hydroxyl groups excluding tert-OH is 1. The van der Waals surface area contributed by atoms with E-state index in [-0.39, 0.29) is 19.1 Å². The number of methoxy groups -OCH3 is 1. The average molecular weight is 273 g/mol. The van der Waals surface area contributed by atoms with Crippen molar-refractivity contribution in [3.8, 4) is 0 Å². The summed E-state index contributed by atoms with van der Waals surface area (Å²) in [6.07, 6.45) is 0. The Kier molecular flexibility index (Phi) is 6.82. The van der Waals surface area contributed by atoms with Crippen LogP contribution < -0.4 is 17.1 Å². The lowest BCUT2D eigenvalue weighted by molar-refractivity contribution is -0.136. The van der Waals surface area contributed by atoms with Crippen LogP contribution in [0.25, 0.3) is 0 Å². The smallest absolute Gasteiger partial charge is 0.333 e. The molecule has 19 heavy (non-hydrogen) atoms. The number of hydrogen-bond donors (Lipinski definition) is 3. The highest BCUT2D eigenvalue weighted by molar-refractivity contribution is 5.86. The summed E-state index contributed by atoms with van der Waals surface area (Å²) in [5.41, 5.74) is -2.06. The van der Waals surface area contributed by atoms with Crippen molar-refractivity contribution in [2.75, 3.05) is 13.7 Å². The van der Waals surface area contributed by atoms with Crippen LogP contribution in [0.1, 0.15) is 6.92 Å². The largest absolute Gasteiger partial charge is 0.466 e. The molecule has 1 rings (SSSR count). The summed E-state index contributed by atoms with van der Waals surface area (Å²) in [6.45, 7) is 4.48. The molecule has 0 radical (unpaired) electrons. The Morgan fingerprint density at radius 3 is 2.05 bits per heavy atom. The molecule has 9 heteroatoms. The number of hydrogen-bond acceptors (Lipinski definition) is 6. The number of H-pyrrole nitrogens is 2. The third kappa shape index (κ3) is 5.64. The Morgan fingerprint density at radius 2 is 1.79 bits per heavy atom. The van der Waals surface area contributed by atoms with Crippen LogP contribution in [0.3, 0.4) is 0 Å². The first-order chi connectivity index (χ1) is 8.83. The van der Waals surface area contributed by atoms with Crippen molar-refractivity contribution in [3.63, 3.8) is 0 Å². The van der Waals surface area contributed by atoms with Gasteiger partial charge in [-0.15, -0.1) is 0 Å². The first-order valence-corrected chi connectivity index (χ1v) is 5.11. The first-order valence-electron chi connectivity index (χ1n) is 5.11. The number of aromatic amines is 2. The van der Waals surface area contributed by atoms with E-state index in [2.05, 4.69) is 11.3 Å². The van der Waals surface area contributed by atoms with Crippen molar-refractivity contribution in [3.05, 3.63) is 43.6 Å². The summed E-state index contributed by atoms with van der Waals surface area (Å²) < 4.78 is 4.97. The number of nitrogens with one attached hydrogen (secondary N) is 2. The number of carbonyl (C=O) groups excluding carboxylic acids is 1. The third-order valence-corrected chi connectivity index (χ3v) is 1.79. The van der Waals surface area contributed by atoms with Crippen LogP contribution in [0.5, 0.6) is 0 Å². The predicted octanol–water partition coefficient (Wildman–Crippen LogP) is -2.05. The Hall–Kier alpha value is -2.42. The fourth-order valence-corrected chi connectivity index (χ4v) is 0.930. The molecule has 1 aromatic rings. The molecule has 0 saturated carbocycles. The summed E-state index contributed by atoms with van der Waals surface area (Å²) >= 11 is 0. The van der Waals surface area contributed by atoms with Gasteiger partial charge in [-0.25, -0.2) is 23.7 Å². The van der Waals surface area contributed by atoms with E-state index in [0.717, 1.165) is 0 Å². The van der Waals surface area contributed by atoms with E-state index in [1.807, 2.05) is 9.97 Å². The number of ether oxygens (including phenoxy) is 1. The van der Waals surface area contributed by atoms with E-state index >= 15 is 0 Å². The second kappa shape index (κ2) is 7.82. The molecular formula is C10H15N3O6. The second-order valence-corrected chi connectivity index (χ2v) is 3.34. The Labute approximate surface area is 107 Å². The molecule has 0 aliphatic rings. The number of aromatic nitrogens is 3. The van der Waals surface area contributed by atoms with Gasteiger partial charge in [0.2, 0.25) is 0 Å². The molecule has 3 N–H and O–H groups in total. The number of esters is 1. The average Bonchev–Trinajstić information content (AvgIpc) is 2.33. The van der Waals surface area contributed by atoms with Gasteiger partial charge in [0.15, 0.2) is 0 Å². The lowest BCUT2D eigenvalue weighted by Crippen LogP contribution is -2.43. The van der Waals surface area contributed by atoms with E-state index in [4.69, 9.17) is 5.11 Å². The lowest BCUT2D eigenvalue weighted by Gasteiger charge is -1.97. The van der Waals surface area contributed by atoms with Gasteiger partial charge in [-0.05, 0) is 6.92 Å². The van der Waals surface area contributed by atoms with Crippen molar-refractivity contribution in [2.24, 2.45) is 0 Å². The first kappa shape index (κ1) is 16.6. The minimum Gasteiger partial charge on any atom is -0.466 e. The van der Waals surface area contributed by atoms with Crippen molar-refractivity contribution in [2.45, 2.75) is 13.5 Å². The molecule has 0 bridgehead atoms. The van der Waals surface area contributed by atoms with Crippen LogP contribution in [-0.4, -0.2) is 39.3 Å². The fraction of sp³-hybridized carbons (Fsp3) is 0.400. The monoisotopic (exact) mass is 273 g/mol. The van der Waals surface area contributed by atoms with Gasteiger partial charge in [-0.1, -0.05) is 6.58 Å². The van der Waals surface area contributed by atoms with Gasteiger partial charge < -0.3 is 9.84 Å². The van der Waals surface area contributed by atoms with E-state index in [1.165, 1.54) is 7.11 Å². The lowest BCUT2D eigenvalue weighted by atomic mass is 10.4. The molecule has 0 amide bonds. The van der Waals surface area contributed by atoms with Gasteiger partial charge in [-0.3, -0.25) is 9.97 Å². The predicted molar refractivity (Wildman–Crippen MR) is 65.9 cm³/mol. The fourth-order valence-electron chi connectivity index (χ4n) is 0.930. The maximum Gasteiger partial charge on any atom is 0.333 e. The van der Waals surface area contributed by atoms with Crippen LogP contribution in [0.2, 0.25) is 0 Å². The maximum absolute atomic E-state index is 10.8. The topological polar surface area (TPSA) is 134 Å². The van der Waals surface area contributed by atoms with Crippen LogP contribution in [0.4, 0.5) is 0 Å². The molecule has 0 aliphatic carbocycles. The highest BCUT2D eigenvalue weighted by atomic mass is 16.5. The number of nitrogens with zero attached hydrogens (tertiary/aromatic N) is 1. The maximum atomic E-state index is 10.8. The van der Waals surface area contributed by atoms with Crippen molar-refractivity contribution < 1.29 is 14.6 Å². The highest BCUT2D eigenvalue weighted by Gasteiger charge is 2.00. The van der Waals surface area contributed by atoms with E-state index in [9.17, 15) is 19.2 Å². The van der Waals surface area contributed by atoms with Crippen LogP contribution in [0.15, 0.2) is 26.5 Å². The molecule has 0 aliphatic heterocycles. The number of aliphatic hydroxyl groups is 1. The zero-order valence-electron chi connectivity index (χ0n) is 10.6. The minimum atomic E-state index is -0.848. The van der Waals surface area contributed by atoms with Gasteiger partial charge in [0.1, 0.15) is 0 Å². The molecule has 0 spiro atoms. The van der Waals surface area contributed by atoms with Gasteiger partial charge in [0.25, 0.3) is 0 Å². The SMILES string of the molecule is C=C(C)C(=O)OC.O=c1[nH]c(=O)n(CCO)c(=O)[nH]1. The Morgan fingerprint density at radius 1 is 1.32 bits per heavy atom. The van der Waals surface area contributed by atoms with Gasteiger partial charge in [0.05, 0.1) is 20.3 Å². The quantitative estimate of drug-likeness (QED) is 0.428. The molecule has 0 saturated heterocycles. The molecule has 0 fully saturated rings. The zero-order chi connectivity index (χ0) is 15.0. The number of carbonyl (C=O) groups is 1. The minimum absolute atomic E-state index is 0.134. The molecule has 0 aromatic carbocycles. The molecule has 0 unspecified atom stereocenters. The standard InChI is InChI=1S/C5H7N3O4.C5H8O2/c9-2-1-8-4(11)6-3(10)7-5(8)12;1-4(2)5(6)7-3/h9H,1-2H2,(H2,6,7,10,11,12);1H2,2-3H3. The van der Waals surface area contributed by atoms with Gasteiger partial charge in [0, 0.05) is 5.57 Å². The van der Waals surface area contributed by atoms with E-state index in [1.54, 1.807) is 6.92 Å². The molecule has 1 aromatic heterocycles. The van der Waals surface area contributed by atoms with E-state index in [0.29, 0.717) is 10.1 Å². The van der Waals surface area contributed by atoms with Crippen molar-refractivity contribution in [1.29, 1.82) is 0 Å². The van der Waals surface area contributed by atoms with Crippen molar-refractivity contribution >= 4 is 5.97 Å². The Bertz CT molecular complexity index is 574. The van der Waals surface area contributed by atoms with Crippen LogP contribution in [-0.2, 0) is 16.1 Å². The zero-order valence-corrected chi connectivity index (χ0v) is 10.6. The summed E-state index contributed by atoms with van der Waals surface area (Å²) in [5, 5.41) is 8.43. The molecule has 1 heterocycles. The molecule has 9 nitrogen and oxygen atoms in total. The van der Waals surface area contributed by atoms with E-state index < -0.39 is 17.1 Å². The van der Waals surface area contributed by atoms with Gasteiger partial charge >= 0.3 is 23.0 Å². The van der Waals surface area contributed by atoms with Crippen LogP contribution >= 0.6 is 0 Å². The summed E-state index contributed by atoms with van der Waals surface area (Å²) in [5.74, 6) is -0.347. The van der Waals surface area contributed by atoms with Crippen LogP contribution in [0, 0.1) is 0 Å². The second-order valence-electron chi connectivity index (χ2n) is 3.34. The summed E-state index contributed by atoms with van der Waals surface area (Å²) in [7, 11) is 1.33. The molecular weight excluding hydrogens is 258 g/mol. The summed E-state index contributed by atoms with van der Waals surface area (Å²) in [6, 6.07) is 0. The van der Waals surface area contributed by atoms with Crippen molar-refractivity contribution in [1.82, 2.24) is 14.5 Å². The van der Waals surface area contributed by atoms with Gasteiger partial charge in [-0.2, -0.15) is 0 Å². The Balaban J connectivity index is 0.000000399. The molecule has 0 atom stereocenters.